The minimum Gasteiger partial charge on any atom is -0.325 e. The van der Waals surface area contributed by atoms with Crippen molar-refractivity contribution in [3.63, 3.8) is 0 Å². The standard InChI is InChI=1S/C15H23BrN2O/c1-5-18(12(4)11(2)3)10-15(19)17-14-8-6-13(16)7-9-14/h6-9,11-12H,5,10H2,1-4H3,(H,17,19). The van der Waals surface area contributed by atoms with Crippen LogP contribution in [0.4, 0.5) is 5.69 Å². The third-order valence-corrected chi connectivity index (χ3v) is 3.95. The number of hydrogen-bond donors (Lipinski definition) is 1. The quantitative estimate of drug-likeness (QED) is 0.863. The van der Waals surface area contributed by atoms with E-state index in [0.29, 0.717) is 18.5 Å². The summed E-state index contributed by atoms with van der Waals surface area (Å²) in [6.07, 6.45) is 0. The summed E-state index contributed by atoms with van der Waals surface area (Å²) in [7, 11) is 0. The largest absolute Gasteiger partial charge is 0.325 e. The molecule has 1 rings (SSSR count). The average molecular weight is 327 g/mol. The van der Waals surface area contributed by atoms with Gasteiger partial charge in [0.1, 0.15) is 0 Å². The lowest BCUT2D eigenvalue weighted by Gasteiger charge is -2.30. The average Bonchev–Trinajstić information content (AvgIpc) is 2.37. The molecule has 0 bridgehead atoms. The number of carbonyl (C=O) groups excluding carboxylic acids is 1. The zero-order chi connectivity index (χ0) is 14.4. The van der Waals surface area contributed by atoms with Gasteiger partial charge in [-0.1, -0.05) is 36.7 Å². The molecule has 19 heavy (non-hydrogen) atoms. The van der Waals surface area contributed by atoms with Crippen molar-refractivity contribution in [1.82, 2.24) is 4.90 Å². The van der Waals surface area contributed by atoms with Gasteiger partial charge in [0, 0.05) is 16.2 Å². The van der Waals surface area contributed by atoms with Crippen molar-refractivity contribution in [1.29, 1.82) is 0 Å². The van der Waals surface area contributed by atoms with E-state index >= 15 is 0 Å². The summed E-state index contributed by atoms with van der Waals surface area (Å²) in [6, 6.07) is 8.03. The van der Waals surface area contributed by atoms with Crippen LogP contribution in [0.5, 0.6) is 0 Å². The highest BCUT2D eigenvalue weighted by Crippen LogP contribution is 2.14. The monoisotopic (exact) mass is 326 g/mol. The number of benzene rings is 1. The van der Waals surface area contributed by atoms with Crippen molar-refractivity contribution in [3.05, 3.63) is 28.7 Å². The molecule has 3 nitrogen and oxygen atoms in total. The maximum absolute atomic E-state index is 12.0. The molecular weight excluding hydrogens is 304 g/mol. The maximum atomic E-state index is 12.0. The summed E-state index contributed by atoms with van der Waals surface area (Å²) in [5.74, 6) is 0.581. The molecule has 4 heteroatoms. The first-order chi connectivity index (χ1) is 8.93. The number of amides is 1. The van der Waals surface area contributed by atoms with E-state index in [-0.39, 0.29) is 5.91 Å². The van der Waals surface area contributed by atoms with E-state index in [0.717, 1.165) is 16.7 Å². The second-order valence-electron chi connectivity index (χ2n) is 5.10. The molecule has 0 fully saturated rings. The van der Waals surface area contributed by atoms with Gasteiger partial charge in [0.15, 0.2) is 0 Å². The Bertz CT molecular complexity index is 403. The SMILES string of the molecule is CCN(CC(=O)Nc1ccc(Br)cc1)C(C)C(C)C. The van der Waals surface area contributed by atoms with Crippen LogP contribution in [0, 0.1) is 5.92 Å². The van der Waals surface area contributed by atoms with Crippen LogP contribution in [0.25, 0.3) is 0 Å². The van der Waals surface area contributed by atoms with Gasteiger partial charge in [-0.3, -0.25) is 9.69 Å². The second kappa shape index (κ2) is 7.65. The van der Waals surface area contributed by atoms with Crippen molar-refractivity contribution in [3.8, 4) is 0 Å². The smallest absolute Gasteiger partial charge is 0.238 e. The van der Waals surface area contributed by atoms with E-state index in [2.05, 4.69) is 53.8 Å². The molecule has 0 spiro atoms. The van der Waals surface area contributed by atoms with Crippen molar-refractivity contribution in [2.75, 3.05) is 18.4 Å². The number of rotatable bonds is 6. The first kappa shape index (κ1) is 16.2. The number of nitrogens with one attached hydrogen (secondary N) is 1. The minimum absolute atomic E-state index is 0.0386. The van der Waals surface area contributed by atoms with E-state index in [9.17, 15) is 4.79 Å². The molecule has 0 aromatic heterocycles. The summed E-state index contributed by atoms with van der Waals surface area (Å²) < 4.78 is 1.01. The van der Waals surface area contributed by atoms with Gasteiger partial charge >= 0.3 is 0 Å². The second-order valence-corrected chi connectivity index (χ2v) is 6.02. The van der Waals surface area contributed by atoms with Crippen LogP contribution >= 0.6 is 15.9 Å². The van der Waals surface area contributed by atoms with E-state index in [1.807, 2.05) is 24.3 Å². The van der Waals surface area contributed by atoms with Crippen molar-refractivity contribution >= 4 is 27.5 Å². The number of anilines is 1. The fourth-order valence-electron chi connectivity index (χ4n) is 1.88. The Balaban J connectivity index is 2.56. The lowest BCUT2D eigenvalue weighted by Crippen LogP contribution is -2.41. The maximum Gasteiger partial charge on any atom is 0.238 e. The summed E-state index contributed by atoms with van der Waals surface area (Å²) in [5.41, 5.74) is 0.835. The molecule has 1 N–H and O–H groups in total. The molecular formula is C15H23BrN2O. The van der Waals surface area contributed by atoms with Crippen LogP contribution in [0.1, 0.15) is 27.7 Å². The summed E-state index contributed by atoms with van der Waals surface area (Å²) in [4.78, 5) is 14.2. The van der Waals surface area contributed by atoms with Crippen LogP contribution < -0.4 is 5.32 Å². The Morgan fingerprint density at radius 1 is 1.26 bits per heavy atom. The molecule has 0 heterocycles. The lowest BCUT2D eigenvalue weighted by atomic mass is 10.0. The third-order valence-electron chi connectivity index (χ3n) is 3.42. The lowest BCUT2D eigenvalue weighted by molar-refractivity contribution is -0.117. The molecule has 0 aliphatic heterocycles. The van der Waals surface area contributed by atoms with Gasteiger partial charge in [-0.15, -0.1) is 0 Å². The Hall–Kier alpha value is -0.870. The molecule has 0 radical (unpaired) electrons. The number of hydrogen-bond acceptors (Lipinski definition) is 2. The minimum atomic E-state index is 0.0386. The van der Waals surface area contributed by atoms with Crippen LogP contribution in [-0.4, -0.2) is 29.9 Å². The molecule has 1 unspecified atom stereocenters. The summed E-state index contributed by atoms with van der Waals surface area (Å²) in [6.45, 7) is 9.94. The molecule has 0 aliphatic rings. The van der Waals surface area contributed by atoms with Crippen LogP contribution in [0.15, 0.2) is 28.7 Å². The summed E-state index contributed by atoms with van der Waals surface area (Å²) in [5, 5.41) is 2.93. The number of carbonyl (C=O) groups is 1. The van der Waals surface area contributed by atoms with Gasteiger partial charge in [0.25, 0.3) is 0 Å². The highest BCUT2D eigenvalue weighted by Gasteiger charge is 2.18. The highest BCUT2D eigenvalue weighted by atomic mass is 79.9. The predicted molar refractivity (Wildman–Crippen MR) is 84.3 cm³/mol. The molecule has 1 amide bonds. The van der Waals surface area contributed by atoms with Crippen LogP contribution in [-0.2, 0) is 4.79 Å². The zero-order valence-electron chi connectivity index (χ0n) is 12.1. The summed E-state index contributed by atoms with van der Waals surface area (Å²) >= 11 is 3.38. The molecule has 0 aliphatic carbocycles. The first-order valence-corrected chi connectivity index (χ1v) is 7.52. The number of likely N-dealkylation sites (N-methyl/N-ethyl adjacent to an activating group) is 1. The number of halogens is 1. The normalized spacial score (nSPS) is 12.8. The fourth-order valence-corrected chi connectivity index (χ4v) is 2.15. The van der Waals surface area contributed by atoms with Gasteiger partial charge in [-0.2, -0.15) is 0 Å². The highest BCUT2D eigenvalue weighted by molar-refractivity contribution is 9.10. The van der Waals surface area contributed by atoms with E-state index in [1.165, 1.54) is 0 Å². The van der Waals surface area contributed by atoms with E-state index in [1.54, 1.807) is 0 Å². The number of nitrogens with zero attached hydrogens (tertiary/aromatic N) is 1. The zero-order valence-corrected chi connectivity index (χ0v) is 13.7. The van der Waals surface area contributed by atoms with Gasteiger partial charge in [-0.25, -0.2) is 0 Å². The molecule has 1 aromatic rings. The Morgan fingerprint density at radius 3 is 2.32 bits per heavy atom. The molecule has 106 valence electrons. The van der Waals surface area contributed by atoms with Crippen LogP contribution in [0.2, 0.25) is 0 Å². The molecule has 0 saturated heterocycles. The first-order valence-electron chi connectivity index (χ1n) is 6.73. The van der Waals surface area contributed by atoms with Crippen molar-refractivity contribution < 1.29 is 4.79 Å². The Labute approximate surface area is 124 Å². The van der Waals surface area contributed by atoms with Crippen molar-refractivity contribution in [2.24, 2.45) is 5.92 Å². The van der Waals surface area contributed by atoms with Gasteiger partial charge in [0.05, 0.1) is 6.54 Å². The molecule has 1 aromatic carbocycles. The van der Waals surface area contributed by atoms with Gasteiger partial charge in [-0.05, 0) is 43.7 Å². The van der Waals surface area contributed by atoms with E-state index in [4.69, 9.17) is 0 Å². The molecule has 0 saturated carbocycles. The van der Waals surface area contributed by atoms with Crippen LogP contribution in [0.3, 0.4) is 0 Å². The van der Waals surface area contributed by atoms with Crippen molar-refractivity contribution in [2.45, 2.75) is 33.7 Å². The van der Waals surface area contributed by atoms with Gasteiger partial charge in [0.2, 0.25) is 5.91 Å². The predicted octanol–water partition coefficient (Wildman–Crippen LogP) is 3.75. The van der Waals surface area contributed by atoms with Gasteiger partial charge < -0.3 is 5.32 Å². The molecule has 1 atom stereocenters. The fraction of sp³-hybridized carbons (Fsp3) is 0.533. The third kappa shape index (κ3) is 5.33. The van der Waals surface area contributed by atoms with E-state index < -0.39 is 0 Å². The topological polar surface area (TPSA) is 32.3 Å². The Kier molecular flexibility index (Phi) is 6.52. The Morgan fingerprint density at radius 2 is 1.84 bits per heavy atom.